The largest absolute Gasteiger partial charge is 0.478 e. The molecule has 1 aliphatic carbocycles. The second kappa shape index (κ2) is 9.34. The van der Waals surface area contributed by atoms with E-state index in [1.54, 1.807) is 6.07 Å². The first-order valence-electron chi connectivity index (χ1n) is 14.0. The monoisotopic (exact) mass is 497 g/mol. The Bertz CT molecular complexity index is 1480. The zero-order chi connectivity index (χ0) is 24.9. The maximum atomic E-state index is 11.9. The standard InChI is InChI=1S/C31H35N3O3/c35-31(36)23-10-11-25-27(19-23)34-13-5-12-33-24(20-32-14-16-37-17-15-32)18-22-8-4-9-26(29(22)33)30(34)28(25)21-6-2-1-3-7-21/h4,8-11,18-19,21H,1-3,5-7,12-17,20H2,(H,35,36). The van der Waals surface area contributed by atoms with E-state index in [-0.39, 0.29) is 0 Å². The van der Waals surface area contributed by atoms with Gasteiger partial charge in [-0.2, -0.15) is 0 Å². The fraction of sp³-hybridized carbons (Fsp3) is 0.452. The molecule has 2 aromatic carbocycles. The number of aryl methyl sites for hydroxylation is 2. The van der Waals surface area contributed by atoms with Crippen LogP contribution in [0, 0.1) is 0 Å². The quantitative estimate of drug-likeness (QED) is 0.362. The van der Waals surface area contributed by atoms with Gasteiger partial charge in [0.15, 0.2) is 0 Å². The molecule has 7 rings (SSSR count). The van der Waals surface area contributed by atoms with E-state index in [2.05, 4.69) is 44.4 Å². The molecule has 0 unspecified atom stereocenters. The molecule has 192 valence electrons. The van der Waals surface area contributed by atoms with E-state index >= 15 is 0 Å². The number of carboxylic acid groups (broad SMARTS) is 1. The Hall–Kier alpha value is -3.09. The lowest BCUT2D eigenvalue weighted by atomic mass is 9.81. The Morgan fingerprint density at radius 3 is 2.54 bits per heavy atom. The van der Waals surface area contributed by atoms with Crippen LogP contribution >= 0.6 is 0 Å². The second-order valence-electron chi connectivity index (χ2n) is 11.1. The van der Waals surface area contributed by atoms with Gasteiger partial charge in [0.05, 0.1) is 30.0 Å². The lowest BCUT2D eigenvalue weighted by Crippen LogP contribution is -2.36. The van der Waals surface area contributed by atoms with Gasteiger partial charge in [0.1, 0.15) is 0 Å². The molecule has 0 spiro atoms. The highest BCUT2D eigenvalue weighted by molar-refractivity contribution is 6.02. The van der Waals surface area contributed by atoms with Crippen LogP contribution in [0.3, 0.4) is 0 Å². The van der Waals surface area contributed by atoms with Crippen LogP contribution in [-0.4, -0.2) is 51.4 Å². The molecule has 0 atom stereocenters. The normalized spacial score (nSPS) is 19.1. The zero-order valence-electron chi connectivity index (χ0n) is 21.4. The fourth-order valence-corrected chi connectivity index (χ4v) is 7.17. The molecule has 37 heavy (non-hydrogen) atoms. The summed E-state index contributed by atoms with van der Waals surface area (Å²) < 4.78 is 10.6. The lowest BCUT2D eigenvalue weighted by Gasteiger charge is -2.28. The molecule has 4 heterocycles. The third-order valence-corrected chi connectivity index (χ3v) is 8.88. The summed E-state index contributed by atoms with van der Waals surface area (Å²) in [5, 5.41) is 12.3. The van der Waals surface area contributed by atoms with Gasteiger partial charge in [-0.25, -0.2) is 4.79 Å². The number of aromatic carboxylic acids is 1. The molecular weight excluding hydrogens is 462 g/mol. The van der Waals surface area contributed by atoms with Crippen molar-refractivity contribution in [2.45, 2.75) is 64.1 Å². The average Bonchev–Trinajstić information content (AvgIpc) is 3.43. The lowest BCUT2D eigenvalue weighted by molar-refractivity contribution is 0.0332. The van der Waals surface area contributed by atoms with Crippen LogP contribution in [-0.2, 0) is 24.4 Å². The Labute approximate surface area is 217 Å². The summed E-state index contributed by atoms with van der Waals surface area (Å²) in [6, 6.07) is 15.0. The summed E-state index contributed by atoms with van der Waals surface area (Å²) in [4.78, 5) is 14.4. The average molecular weight is 498 g/mol. The summed E-state index contributed by atoms with van der Waals surface area (Å²) in [6.45, 7) is 6.42. The smallest absolute Gasteiger partial charge is 0.335 e. The van der Waals surface area contributed by atoms with Crippen molar-refractivity contribution in [3.8, 4) is 11.3 Å². The van der Waals surface area contributed by atoms with Crippen molar-refractivity contribution in [1.29, 1.82) is 0 Å². The minimum absolute atomic E-state index is 0.374. The van der Waals surface area contributed by atoms with E-state index in [1.165, 1.54) is 70.9 Å². The van der Waals surface area contributed by atoms with Crippen molar-refractivity contribution in [1.82, 2.24) is 14.0 Å². The van der Waals surface area contributed by atoms with Crippen molar-refractivity contribution in [2.75, 3.05) is 26.3 Å². The summed E-state index contributed by atoms with van der Waals surface area (Å²) in [6.07, 6.45) is 7.31. The number of fused-ring (bicyclic) bond motifs is 4. The molecule has 3 aliphatic rings. The van der Waals surface area contributed by atoms with Crippen molar-refractivity contribution in [3.63, 3.8) is 0 Å². The van der Waals surface area contributed by atoms with Gasteiger partial charge in [0, 0.05) is 60.3 Å². The molecule has 0 amide bonds. The summed E-state index contributed by atoms with van der Waals surface area (Å²) >= 11 is 0. The number of carbonyl (C=O) groups is 1. The maximum Gasteiger partial charge on any atom is 0.335 e. The van der Waals surface area contributed by atoms with Crippen molar-refractivity contribution in [2.24, 2.45) is 0 Å². The minimum atomic E-state index is -0.855. The van der Waals surface area contributed by atoms with E-state index in [0.717, 1.165) is 57.9 Å². The minimum Gasteiger partial charge on any atom is -0.478 e. The maximum absolute atomic E-state index is 11.9. The van der Waals surface area contributed by atoms with Gasteiger partial charge >= 0.3 is 5.97 Å². The Balaban J connectivity index is 1.47. The first-order valence-corrected chi connectivity index (χ1v) is 14.0. The van der Waals surface area contributed by atoms with Crippen LogP contribution in [0.2, 0.25) is 0 Å². The number of para-hydroxylation sites is 1. The highest BCUT2D eigenvalue weighted by Crippen LogP contribution is 2.46. The van der Waals surface area contributed by atoms with Gasteiger partial charge in [0.25, 0.3) is 0 Å². The van der Waals surface area contributed by atoms with Crippen LogP contribution in [0.15, 0.2) is 42.5 Å². The van der Waals surface area contributed by atoms with Crippen LogP contribution in [0.1, 0.15) is 66.1 Å². The molecule has 2 fully saturated rings. The topological polar surface area (TPSA) is 59.6 Å². The number of hydrogen-bond donors (Lipinski definition) is 1. The van der Waals surface area contributed by atoms with E-state index in [0.29, 0.717) is 11.5 Å². The number of benzene rings is 2. The molecule has 1 saturated heterocycles. The fourth-order valence-electron chi connectivity index (χ4n) is 7.17. The summed E-state index contributed by atoms with van der Waals surface area (Å²) in [5.41, 5.74) is 8.27. The number of morpholine rings is 1. The number of hydrogen-bond acceptors (Lipinski definition) is 3. The number of nitrogens with zero attached hydrogens (tertiary/aromatic N) is 3. The van der Waals surface area contributed by atoms with Crippen LogP contribution in [0.4, 0.5) is 0 Å². The first kappa shape index (κ1) is 23.1. The highest BCUT2D eigenvalue weighted by atomic mass is 16.5. The van der Waals surface area contributed by atoms with Crippen LogP contribution < -0.4 is 0 Å². The Morgan fingerprint density at radius 2 is 1.73 bits per heavy atom. The predicted octanol–water partition coefficient (Wildman–Crippen LogP) is 6.24. The zero-order valence-corrected chi connectivity index (χ0v) is 21.4. The second-order valence-corrected chi connectivity index (χ2v) is 11.1. The summed E-state index contributed by atoms with van der Waals surface area (Å²) in [7, 11) is 0. The van der Waals surface area contributed by atoms with Gasteiger partial charge in [-0.3, -0.25) is 4.90 Å². The van der Waals surface area contributed by atoms with Crippen molar-refractivity contribution >= 4 is 27.8 Å². The molecule has 2 aromatic heterocycles. The van der Waals surface area contributed by atoms with E-state index < -0.39 is 5.97 Å². The van der Waals surface area contributed by atoms with Crippen LogP contribution in [0.5, 0.6) is 0 Å². The van der Waals surface area contributed by atoms with Crippen molar-refractivity contribution < 1.29 is 14.6 Å². The molecule has 6 nitrogen and oxygen atoms in total. The third-order valence-electron chi connectivity index (χ3n) is 8.88. The Morgan fingerprint density at radius 1 is 0.919 bits per heavy atom. The van der Waals surface area contributed by atoms with E-state index in [9.17, 15) is 9.90 Å². The van der Waals surface area contributed by atoms with E-state index in [1.807, 2.05) is 6.07 Å². The molecule has 0 radical (unpaired) electrons. The van der Waals surface area contributed by atoms with Gasteiger partial charge < -0.3 is 19.0 Å². The van der Waals surface area contributed by atoms with Crippen LogP contribution in [0.25, 0.3) is 33.1 Å². The SMILES string of the molecule is O=C(O)c1ccc2c(C3CCCCC3)c3n(c2c1)CCCn1c(CN2CCOCC2)cc2cccc-3c21. The third kappa shape index (κ3) is 3.89. The number of ether oxygens (including phenoxy) is 1. The van der Waals surface area contributed by atoms with Gasteiger partial charge in [-0.05, 0) is 48.9 Å². The van der Waals surface area contributed by atoms with E-state index in [4.69, 9.17) is 4.74 Å². The summed E-state index contributed by atoms with van der Waals surface area (Å²) in [5.74, 6) is -0.333. The molecule has 1 N–H and O–H groups in total. The van der Waals surface area contributed by atoms with Gasteiger partial charge in [-0.1, -0.05) is 43.5 Å². The molecular formula is C31H35N3O3. The molecule has 0 bridgehead atoms. The van der Waals surface area contributed by atoms with Crippen molar-refractivity contribution in [3.05, 3.63) is 59.3 Å². The Kier molecular flexibility index (Phi) is 5.82. The predicted molar refractivity (Wildman–Crippen MR) is 146 cm³/mol. The number of rotatable bonds is 4. The highest BCUT2D eigenvalue weighted by Gasteiger charge is 2.29. The number of aromatic nitrogens is 2. The van der Waals surface area contributed by atoms with Gasteiger partial charge in [-0.15, -0.1) is 0 Å². The molecule has 1 saturated carbocycles. The number of carboxylic acids is 1. The first-order chi connectivity index (χ1) is 18.2. The van der Waals surface area contributed by atoms with Gasteiger partial charge in [0.2, 0.25) is 0 Å². The molecule has 2 aliphatic heterocycles. The molecule has 6 heteroatoms. The molecule has 4 aromatic rings.